The molecule has 4 aromatic rings. The van der Waals surface area contributed by atoms with Gasteiger partial charge in [0.25, 0.3) is 5.91 Å². The Bertz CT molecular complexity index is 1430. The van der Waals surface area contributed by atoms with Gasteiger partial charge in [-0.25, -0.2) is 9.07 Å². The van der Waals surface area contributed by atoms with Crippen LogP contribution >= 0.6 is 0 Å². The van der Waals surface area contributed by atoms with Crippen molar-refractivity contribution in [2.45, 2.75) is 43.7 Å². The molecule has 5 rings (SSSR count). The summed E-state index contributed by atoms with van der Waals surface area (Å²) in [7, 11) is 0. The molecule has 3 aromatic carbocycles. The second-order valence-corrected chi connectivity index (χ2v) is 9.21. The Morgan fingerprint density at radius 2 is 1.76 bits per heavy atom. The van der Waals surface area contributed by atoms with Crippen LogP contribution in [-0.2, 0) is 11.0 Å². The zero-order chi connectivity index (χ0) is 26.4. The summed E-state index contributed by atoms with van der Waals surface area (Å²) in [6, 6.07) is 14.9. The van der Waals surface area contributed by atoms with Crippen LogP contribution in [0.5, 0.6) is 5.75 Å². The highest BCUT2D eigenvalue weighted by Crippen LogP contribution is 2.36. The standard InChI is InChI=1S/C27H23F4N3O3/c1-16(33-25(35)26(36)12-13-26)24(17-2-4-19(5-3-17)27(29,30)31)37-22-10-11-23-18(14-22)15-32-34(23)21-8-6-20(28)7-9-21/h2-11,14-16,24,36H,12-13H2,1H3,(H,33,35)/t16-,24-/m0/s1. The maximum atomic E-state index is 13.3. The molecule has 0 spiro atoms. The lowest BCUT2D eigenvalue weighted by atomic mass is 10.0. The molecule has 0 bridgehead atoms. The zero-order valence-corrected chi connectivity index (χ0v) is 19.7. The van der Waals surface area contributed by atoms with Crippen molar-refractivity contribution in [1.82, 2.24) is 15.1 Å². The van der Waals surface area contributed by atoms with Gasteiger partial charge >= 0.3 is 6.18 Å². The molecule has 0 radical (unpaired) electrons. The van der Waals surface area contributed by atoms with E-state index in [4.69, 9.17) is 4.74 Å². The third-order valence-corrected chi connectivity index (χ3v) is 6.40. The van der Waals surface area contributed by atoms with Gasteiger partial charge < -0.3 is 15.2 Å². The van der Waals surface area contributed by atoms with Crippen molar-refractivity contribution in [1.29, 1.82) is 0 Å². The Kier molecular flexibility index (Phi) is 6.15. The van der Waals surface area contributed by atoms with Gasteiger partial charge in [-0.15, -0.1) is 0 Å². The Labute approximate surface area is 209 Å². The van der Waals surface area contributed by atoms with E-state index in [-0.39, 0.29) is 5.82 Å². The smallest absolute Gasteiger partial charge is 0.416 e. The molecular formula is C27H23F4N3O3. The highest BCUT2D eigenvalue weighted by Gasteiger charge is 2.48. The first kappa shape index (κ1) is 24.8. The first-order valence-electron chi connectivity index (χ1n) is 11.6. The number of rotatable bonds is 7. The number of halogens is 4. The lowest BCUT2D eigenvalue weighted by molar-refractivity contribution is -0.137. The van der Waals surface area contributed by atoms with Gasteiger partial charge in [0, 0.05) is 5.39 Å². The second kappa shape index (κ2) is 9.19. The number of nitrogens with one attached hydrogen (secondary N) is 1. The van der Waals surface area contributed by atoms with Crippen LogP contribution in [0.3, 0.4) is 0 Å². The Morgan fingerprint density at radius 1 is 1.08 bits per heavy atom. The van der Waals surface area contributed by atoms with Gasteiger partial charge in [-0.05, 0) is 79.9 Å². The monoisotopic (exact) mass is 513 g/mol. The molecule has 10 heteroatoms. The largest absolute Gasteiger partial charge is 0.484 e. The van der Waals surface area contributed by atoms with E-state index in [2.05, 4.69) is 10.4 Å². The van der Waals surface area contributed by atoms with E-state index in [0.717, 1.165) is 23.0 Å². The van der Waals surface area contributed by atoms with E-state index in [0.29, 0.717) is 29.8 Å². The van der Waals surface area contributed by atoms with E-state index < -0.39 is 35.4 Å². The van der Waals surface area contributed by atoms with E-state index >= 15 is 0 Å². The fourth-order valence-electron chi connectivity index (χ4n) is 4.10. The summed E-state index contributed by atoms with van der Waals surface area (Å²) in [5.41, 5.74) is -0.379. The first-order valence-corrected chi connectivity index (χ1v) is 11.6. The third-order valence-electron chi connectivity index (χ3n) is 6.40. The van der Waals surface area contributed by atoms with E-state index in [1.165, 1.54) is 24.3 Å². The van der Waals surface area contributed by atoms with Crippen molar-refractivity contribution in [2.24, 2.45) is 0 Å². The van der Waals surface area contributed by atoms with Gasteiger partial charge in [0.2, 0.25) is 0 Å². The van der Waals surface area contributed by atoms with E-state index in [1.807, 2.05) is 0 Å². The van der Waals surface area contributed by atoms with Crippen LogP contribution in [0, 0.1) is 5.82 Å². The van der Waals surface area contributed by atoms with Gasteiger partial charge in [-0.1, -0.05) is 12.1 Å². The van der Waals surface area contributed by atoms with Gasteiger partial charge in [0.05, 0.1) is 29.0 Å². The Morgan fingerprint density at radius 3 is 2.38 bits per heavy atom. The zero-order valence-electron chi connectivity index (χ0n) is 19.7. The third kappa shape index (κ3) is 5.15. The lowest BCUT2D eigenvalue weighted by Gasteiger charge is -2.27. The van der Waals surface area contributed by atoms with Gasteiger partial charge in [0.1, 0.15) is 23.3 Å². The number of carbonyl (C=O) groups excluding carboxylic acids is 1. The summed E-state index contributed by atoms with van der Waals surface area (Å²) in [5.74, 6) is -0.501. The number of aromatic nitrogens is 2. The van der Waals surface area contributed by atoms with Crippen LogP contribution in [-0.4, -0.2) is 32.4 Å². The quantitative estimate of drug-likeness (QED) is 0.328. The molecule has 6 nitrogen and oxygen atoms in total. The number of ether oxygens (including phenoxy) is 1. The van der Waals surface area contributed by atoms with Crippen molar-refractivity contribution in [3.05, 3.63) is 89.9 Å². The van der Waals surface area contributed by atoms with Crippen molar-refractivity contribution >= 4 is 16.8 Å². The van der Waals surface area contributed by atoms with Gasteiger partial charge in [-0.2, -0.15) is 18.3 Å². The fourth-order valence-corrected chi connectivity index (χ4v) is 4.10. The highest BCUT2D eigenvalue weighted by atomic mass is 19.4. The Hall–Kier alpha value is -3.92. The van der Waals surface area contributed by atoms with Gasteiger partial charge in [0.15, 0.2) is 0 Å². The summed E-state index contributed by atoms with van der Waals surface area (Å²) in [5, 5.41) is 17.9. The van der Waals surface area contributed by atoms with Crippen molar-refractivity contribution in [2.75, 3.05) is 0 Å². The fraction of sp³-hybridized carbons (Fsp3) is 0.259. The molecule has 0 saturated heterocycles. The number of nitrogens with zero attached hydrogens (tertiary/aromatic N) is 2. The van der Waals surface area contributed by atoms with Crippen molar-refractivity contribution in [3.8, 4) is 11.4 Å². The number of alkyl halides is 3. The van der Waals surface area contributed by atoms with Crippen LogP contribution < -0.4 is 10.1 Å². The minimum Gasteiger partial charge on any atom is -0.484 e. The summed E-state index contributed by atoms with van der Waals surface area (Å²) in [6.07, 6.45) is -3.01. The molecule has 1 aromatic heterocycles. The summed E-state index contributed by atoms with van der Waals surface area (Å²) < 4.78 is 60.4. The van der Waals surface area contributed by atoms with Crippen LogP contribution in [0.15, 0.2) is 72.9 Å². The number of carbonyl (C=O) groups is 1. The minimum absolute atomic E-state index is 0.353. The highest BCUT2D eigenvalue weighted by molar-refractivity contribution is 5.88. The van der Waals surface area contributed by atoms with E-state index in [9.17, 15) is 27.5 Å². The molecule has 1 aliphatic rings. The SMILES string of the molecule is C[C@H](NC(=O)C1(O)CC1)[C@H](Oc1ccc2c(cnn2-c2ccc(F)cc2)c1)c1ccc(C(F)(F)F)cc1. The molecule has 1 fully saturated rings. The van der Waals surface area contributed by atoms with Gasteiger partial charge in [-0.3, -0.25) is 4.79 Å². The molecule has 1 amide bonds. The number of hydrogen-bond acceptors (Lipinski definition) is 4. The molecule has 1 saturated carbocycles. The summed E-state index contributed by atoms with van der Waals surface area (Å²) in [4.78, 5) is 12.4. The Balaban J connectivity index is 1.44. The first-order chi connectivity index (χ1) is 17.5. The number of amides is 1. The topological polar surface area (TPSA) is 76.4 Å². The number of hydrogen-bond donors (Lipinski definition) is 2. The average Bonchev–Trinajstić information content (AvgIpc) is 3.49. The maximum absolute atomic E-state index is 13.3. The van der Waals surface area contributed by atoms with Crippen molar-refractivity contribution in [3.63, 3.8) is 0 Å². The predicted molar refractivity (Wildman–Crippen MR) is 128 cm³/mol. The van der Waals surface area contributed by atoms with Crippen LogP contribution in [0.1, 0.15) is 37.0 Å². The molecule has 37 heavy (non-hydrogen) atoms. The molecule has 0 aliphatic heterocycles. The predicted octanol–water partition coefficient (Wildman–Crippen LogP) is 5.33. The number of aliphatic hydroxyl groups is 1. The molecule has 192 valence electrons. The molecular weight excluding hydrogens is 490 g/mol. The molecule has 1 heterocycles. The van der Waals surface area contributed by atoms with Crippen LogP contribution in [0.4, 0.5) is 17.6 Å². The van der Waals surface area contributed by atoms with Crippen LogP contribution in [0.2, 0.25) is 0 Å². The van der Waals surface area contributed by atoms with Crippen LogP contribution in [0.25, 0.3) is 16.6 Å². The summed E-state index contributed by atoms with van der Waals surface area (Å²) >= 11 is 0. The molecule has 2 atom stereocenters. The number of fused-ring (bicyclic) bond motifs is 1. The average molecular weight is 513 g/mol. The minimum atomic E-state index is -4.49. The van der Waals surface area contributed by atoms with Crippen molar-refractivity contribution < 1.29 is 32.2 Å². The van der Waals surface area contributed by atoms with E-state index in [1.54, 1.807) is 48.1 Å². The molecule has 0 unspecified atom stereocenters. The molecule has 1 aliphatic carbocycles. The normalized spacial score (nSPS) is 16.3. The number of benzene rings is 3. The second-order valence-electron chi connectivity index (χ2n) is 9.21. The maximum Gasteiger partial charge on any atom is 0.416 e. The lowest BCUT2D eigenvalue weighted by Crippen LogP contribution is -2.45. The molecule has 2 N–H and O–H groups in total. The summed E-state index contributed by atoms with van der Waals surface area (Å²) in [6.45, 7) is 1.66.